The highest BCUT2D eigenvalue weighted by atomic mass is 79.9. The highest BCUT2D eigenvalue weighted by Crippen LogP contribution is 2.23. The number of hydrogen-bond donors (Lipinski definition) is 1. The molecule has 0 bridgehead atoms. The van der Waals surface area contributed by atoms with Gasteiger partial charge < -0.3 is 5.32 Å². The molecule has 0 aliphatic heterocycles. The van der Waals surface area contributed by atoms with E-state index in [-0.39, 0.29) is 5.56 Å². The van der Waals surface area contributed by atoms with E-state index in [1.165, 1.54) is 18.3 Å². The minimum atomic E-state index is -0.589. The van der Waals surface area contributed by atoms with E-state index < -0.39 is 11.7 Å². The van der Waals surface area contributed by atoms with Crippen molar-refractivity contribution in [1.82, 2.24) is 4.98 Å². The van der Waals surface area contributed by atoms with Crippen LogP contribution in [-0.4, -0.2) is 10.9 Å². The van der Waals surface area contributed by atoms with Gasteiger partial charge in [-0.15, -0.1) is 0 Å². The molecule has 1 aromatic carbocycles. The average Bonchev–Trinajstić information content (AvgIpc) is 2.32. The monoisotopic (exact) mass is 372 g/mol. The van der Waals surface area contributed by atoms with E-state index in [2.05, 4.69) is 42.2 Å². The molecule has 2 rings (SSSR count). The van der Waals surface area contributed by atoms with Gasteiger partial charge in [0, 0.05) is 10.7 Å². The van der Waals surface area contributed by atoms with E-state index in [1.807, 2.05) is 0 Å². The quantitative estimate of drug-likeness (QED) is 0.864. The van der Waals surface area contributed by atoms with Crippen LogP contribution in [0, 0.1) is 5.82 Å². The Bertz CT molecular complexity index is 584. The van der Waals surface area contributed by atoms with E-state index in [9.17, 15) is 9.18 Å². The van der Waals surface area contributed by atoms with Gasteiger partial charge in [0.1, 0.15) is 11.6 Å². The zero-order valence-electron chi connectivity index (χ0n) is 8.95. The standard InChI is InChI=1S/C12H7Br2FN2O/c13-7-3-1-5-9(15)10(7)12(18)17-11-8(14)4-2-6-16-11/h1-6H,(H,16,17,18). The number of nitrogens with zero attached hydrogens (tertiary/aromatic N) is 1. The average molecular weight is 374 g/mol. The number of pyridine rings is 1. The zero-order chi connectivity index (χ0) is 13.1. The fourth-order valence-electron chi connectivity index (χ4n) is 1.36. The lowest BCUT2D eigenvalue weighted by Gasteiger charge is -2.08. The second kappa shape index (κ2) is 5.58. The molecule has 0 aliphatic rings. The number of rotatable bonds is 2. The predicted molar refractivity (Wildman–Crippen MR) is 74.0 cm³/mol. The summed E-state index contributed by atoms with van der Waals surface area (Å²) in [6.45, 7) is 0. The van der Waals surface area contributed by atoms with Crippen LogP contribution in [0.3, 0.4) is 0 Å². The Hall–Kier alpha value is -1.27. The van der Waals surface area contributed by atoms with Crippen LogP contribution in [0.5, 0.6) is 0 Å². The van der Waals surface area contributed by atoms with Crippen molar-refractivity contribution in [2.45, 2.75) is 0 Å². The third-order valence-electron chi connectivity index (χ3n) is 2.18. The Balaban J connectivity index is 2.31. The van der Waals surface area contributed by atoms with Gasteiger partial charge in [0.15, 0.2) is 0 Å². The van der Waals surface area contributed by atoms with Gasteiger partial charge in [0.25, 0.3) is 5.91 Å². The molecule has 1 N–H and O–H groups in total. The van der Waals surface area contributed by atoms with Gasteiger partial charge >= 0.3 is 0 Å². The number of anilines is 1. The summed E-state index contributed by atoms with van der Waals surface area (Å²) in [5, 5.41) is 2.54. The van der Waals surface area contributed by atoms with Crippen LogP contribution in [0.4, 0.5) is 10.2 Å². The molecule has 1 heterocycles. The summed E-state index contributed by atoms with van der Waals surface area (Å²) in [7, 11) is 0. The van der Waals surface area contributed by atoms with Crippen molar-refractivity contribution in [3.8, 4) is 0 Å². The number of nitrogens with one attached hydrogen (secondary N) is 1. The SMILES string of the molecule is O=C(Nc1ncccc1Br)c1c(F)cccc1Br. The van der Waals surface area contributed by atoms with Gasteiger partial charge in [-0.05, 0) is 56.1 Å². The first-order valence-corrected chi connectivity index (χ1v) is 6.54. The summed E-state index contributed by atoms with van der Waals surface area (Å²) in [6.07, 6.45) is 1.54. The van der Waals surface area contributed by atoms with Crippen molar-refractivity contribution in [1.29, 1.82) is 0 Å². The molecule has 1 amide bonds. The summed E-state index contributed by atoms with van der Waals surface area (Å²) >= 11 is 6.40. The molecule has 6 heteroatoms. The number of amides is 1. The first-order chi connectivity index (χ1) is 8.59. The van der Waals surface area contributed by atoms with E-state index in [4.69, 9.17) is 0 Å². The summed E-state index contributed by atoms with van der Waals surface area (Å²) < 4.78 is 14.6. The van der Waals surface area contributed by atoms with Crippen LogP contribution in [0.15, 0.2) is 45.5 Å². The van der Waals surface area contributed by atoms with Crippen molar-refractivity contribution in [2.24, 2.45) is 0 Å². The molecule has 1 aromatic heterocycles. The summed E-state index contributed by atoms with van der Waals surface area (Å²) in [5.41, 5.74) is -0.0462. The Morgan fingerprint density at radius 2 is 1.89 bits per heavy atom. The fraction of sp³-hybridized carbons (Fsp3) is 0. The number of benzene rings is 1. The molecule has 0 spiro atoms. The Labute approximate surface area is 120 Å². The summed E-state index contributed by atoms with van der Waals surface area (Å²) in [5.74, 6) is -0.800. The highest BCUT2D eigenvalue weighted by molar-refractivity contribution is 9.11. The second-order valence-corrected chi connectivity index (χ2v) is 5.09. The minimum Gasteiger partial charge on any atom is -0.305 e. The lowest BCUT2D eigenvalue weighted by molar-refractivity contribution is 0.102. The van der Waals surface area contributed by atoms with Crippen molar-refractivity contribution >= 4 is 43.6 Å². The van der Waals surface area contributed by atoms with Crippen molar-refractivity contribution in [3.63, 3.8) is 0 Å². The molecule has 3 nitrogen and oxygen atoms in total. The predicted octanol–water partition coefficient (Wildman–Crippen LogP) is 4.00. The van der Waals surface area contributed by atoms with Crippen molar-refractivity contribution < 1.29 is 9.18 Å². The topological polar surface area (TPSA) is 42.0 Å². The maximum Gasteiger partial charge on any atom is 0.260 e. The number of hydrogen-bond acceptors (Lipinski definition) is 2. The van der Waals surface area contributed by atoms with E-state index in [1.54, 1.807) is 18.2 Å². The molecular weight excluding hydrogens is 367 g/mol. The molecule has 92 valence electrons. The van der Waals surface area contributed by atoms with E-state index in [0.29, 0.717) is 14.8 Å². The zero-order valence-corrected chi connectivity index (χ0v) is 12.1. The molecule has 0 aliphatic carbocycles. The minimum absolute atomic E-state index is 0.0462. The Morgan fingerprint density at radius 1 is 1.17 bits per heavy atom. The van der Waals surface area contributed by atoms with Gasteiger partial charge in [-0.2, -0.15) is 0 Å². The van der Waals surface area contributed by atoms with Gasteiger partial charge in [0.2, 0.25) is 0 Å². The van der Waals surface area contributed by atoms with Gasteiger partial charge in [0.05, 0.1) is 10.0 Å². The molecule has 0 atom stereocenters. The third-order valence-corrected chi connectivity index (χ3v) is 3.48. The molecule has 0 saturated carbocycles. The molecule has 0 unspecified atom stereocenters. The maximum absolute atomic E-state index is 13.6. The van der Waals surface area contributed by atoms with Crippen molar-refractivity contribution in [3.05, 3.63) is 56.9 Å². The summed E-state index contributed by atoms with van der Waals surface area (Å²) in [6, 6.07) is 7.81. The van der Waals surface area contributed by atoms with Crippen LogP contribution in [-0.2, 0) is 0 Å². The van der Waals surface area contributed by atoms with E-state index in [0.717, 1.165) is 0 Å². The molecular formula is C12H7Br2FN2O. The number of halogens is 3. The van der Waals surface area contributed by atoms with Crippen LogP contribution in [0.2, 0.25) is 0 Å². The summed E-state index contributed by atoms with van der Waals surface area (Å²) in [4.78, 5) is 16.0. The van der Waals surface area contributed by atoms with E-state index >= 15 is 0 Å². The van der Waals surface area contributed by atoms with Gasteiger partial charge in [-0.3, -0.25) is 4.79 Å². The van der Waals surface area contributed by atoms with Gasteiger partial charge in [-0.1, -0.05) is 6.07 Å². The first kappa shape index (κ1) is 13.2. The smallest absolute Gasteiger partial charge is 0.260 e. The fourth-order valence-corrected chi connectivity index (χ4v) is 2.24. The third kappa shape index (κ3) is 2.76. The van der Waals surface area contributed by atoms with Crippen LogP contribution in [0.25, 0.3) is 0 Å². The second-order valence-electron chi connectivity index (χ2n) is 3.38. The lowest BCUT2D eigenvalue weighted by atomic mass is 10.2. The lowest BCUT2D eigenvalue weighted by Crippen LogP contribution is -2.15. The number of carbonyl (C=O) groups is 1. The van der Waals surface area contributed by atoms with Crippen LogP contribution in [0.1, 0.15) is 10.4 Å². The van der Waals surface area contributed by atoms with Crippen molar-refractivity contribution in [2.75, 3.05) is 5.32 Å². The largest absolute Gasteiger partial charge is 0.305 e. The molecule has 18 heavy (non-hydrogen) atoms. The number of carbonyl (C=O) groups excluding carboxylic acids is 1. The number of aromatic nitrogens is 1. The Morgan fingerprint density at radius 3 is 2.56 bits per heavy atom. The first-order valence-electron chi connectivity index (χ1n) is 4.95. The molecule has 2 aromatic rings. The molecule has 0 saturated heterocycles. The highest BCUT2D eigenvalue weighted by Gasteiger charge is 2.16. The van der Waals surface area contributed by atoms with Crippen LogP contribution >= 0.6 is 31.9 Å². The van der Waals surface area contributed by atoms with Gasteiger partial charge in [-0.25, -0.2) is 9.37 Å². The molecule has 0 radical (unpaired) electrons. The molecule has 0 fully saturated rings. The normalized spacial score (nSPS) is 10.2. The Kier molecular flexibility index (Phi) is 4.08. The van der Waals surface area contributed by atoms with Crippen LogP contribution < -0.4 is 5.32 Å². The maximum atomic E-state index is 13.6.